The maximum Gasteiger partial charge on any atom is 0.0946 e. The van der Waals surface area contributed by atoms with Gasteiger partial charge >= 0.3 is 0 Å². The van der Waals surface area contributed by atoms with Gasteiger partial charge in [-0.2, -0.15) is 0 Å². The summed E-state index contributed by atoms with van der Waals surface area (Å²) in [6, 6.07) is 8.73. The largest absolute Gasteiger partial charge is 0.379 e. The number of unbranched alkanes of at least 4 members (excludes halogenated alkanes) is 1. The molecule has 3 nitrogen and oxygen atoms in total. The van der Waals surface area contributed by atoms with Crippen LogP contribution in [0.15, 0.2) is 36.8 Å². The smallest absolute Gasteiger partial charge is 0.0946 e. The summed E-state index contributed by atoms with van der Waals surface area (Å²) in [7, 11) is 2.01. The standard InChI is InChI=1S/C15H21N3/c1-3-4-5-13-6-8-14(9-7-13)17-11-15-10-16-12-18(15)2/h6-10,12,17H,3-5,11H2,1-2H3. The van der Waals surface area contributed by atoms with Gasteiger partial charge in [-0.15, -0.1) is 0 Å². The first-order valence-corrected chi connectivity index (χ1v) is 6.57. The molecule has 0 unspecified atom stereocenters. The Bertz CT molecular complexity index is 471. The molecule has 0 radical (unpaired) electrons. The van der Waals surface area contributed by atoms with Crippen LogP contribution in [-0.4, -0.2) is 9.55 Å². The van der Waals surface area contributed by atoms with Crippen LogP contribution in [-0.2, 0) is 20.0 Å². The van der Waals surface area contributed by atoms with Crippen LogP contribution in [0.5, 0.6) is 0 Å². The highest BCUT2D eigenvalue weighted by Gasteiger charge is 1.98. The Morgan fingerprint density at radius 2 is 2.00 bits per heavy atom. The zero-order chi connectivity index (χ0) is 12.8. The number of aromatic nitrogens is 2. The van der Waals surface area contributed by atoms with E-state index in [0.717, 1.165) is 12.2 Å². The molecule has 0 aliphatic heterocycles. The van der Waals surface area contributed by atoms with Gasteiger partial charge in [0.1, 0.15) is 0 Å². The van der Waals surface area contributed by atoms with Gasteiger partial charge in [-0.25, -0.2) is 4.98 Å². The van der Waals surface area contributed by atoms with Gasteiger partial charge in [0, 0.05) is 18.9 Å². The lowest BCUT2D eigenvalue weighted by molar-refractivity contribution is 0.795. The summed E-state index contributed by atoms with van der Waals surface area (Å²) in [4.78, 5) is 4.10. The maximum atomic E-state index is 4.10. The second kappa shape index (κ2) is 6.24. The number of nitrogens with zero attached hydrogens (tertiary/aromatic N) is 2. The van der Waals surface area contributed by atoms with Crippen LogP contribution in [0.1, 0.15) is 31.0 Å². The first kappa shape index (κ1) is 12.7. The summed E-state index contributed by atoms with van der Waals surface area (Å²) < 4.78 is 2.03. The minimum Gasteiger partial charge on any atom is -0.379 e. The molecule has 3 heteroatoms. The molecule has 0 aliphatic carbocycles. The highest BCUT2D eigenvalue weighted by Crippen LogP contribution is 2.12. The number of hydrogen-bond acceptors (Lipinski definition) is 2. The minimum absolute atomic E-state index is 0.810. The number of imidazole rings is 1. The molecule has 1 aromatic carbocycles. The van der Waals surface area contributed by atoms with Gasteiger partial charge < -0.3 is 9.88 Å². The predicted molar refractivity (Wildman–Crippen MR) is 75.6 cm³/mol. The lowest BCUT2D eigenvalue weighted by Crippen LogP contribution is -2.03. The zero-order valence-electron chi connectivity index (χ0n) is 11.2. The number of benzene rings is 1. The van der Waals surface area contributed by atoms with Gasteiger partial charge in [-0.05, 0) is 30.5 Å². The Kier molecular flexibility index (Phi) is 4.40. The Morgan fingerprint density at radius 3 is 2.61 bits per heavy atom. The molecule has 0 spiro atoms. The fourth-order valence-corrected chi connectivity index (χ4v) is 1.92. The van der Waals surface area contributed by atoms with Gasteiger partial charge in [0.25, 0.3) is 0 Å². The molecular formula is C15H21N3. The van der Waals surface area contributed by atoms with Crippen LogP contribution >= 0.6 is 0 Å². The summed E-state index contributed by atoms with van der Waals surface area (Å²) in [5.74, 6) is 0. The predicted octanol–water partition coefficient (Wildman–Crippen LogP) is 3.37. The molecule has 0 amide bonds. The number of aryl methyl sites for hydroxylation is 2. The van der Waals surface area contributed by atoms with E-state index >= 15 is 0 Å². The van der Waals surface area contributed by atoms with Crippen LogP contribution < -0.4 is 5.32 Å². The first-order chi connectivity index (χ1) is 8.79. The molecule has 96 valence electrons. The van der Waals surface area contributed by atoms with E-state index in [1.165, 1.54) is 30.5 Å². The van der Waals surface area contributed by atoms with E-state index in [4.69, 9.17) is 0 Å². The van der Waals surface area contributed by atoms with Crippen molar-refractivity contribution in [2.75, 3.05) is 5.32 Å². The maximum absolute atomic E-state index is 4.10. The molecule has 2 aromatic rings. The van der Waals surface area contributed by atoms with Crippen molar-refractivity contribution in [3.05, 3.63) is 48.0 Å². The van der Waals surface area contributed by atoms with Crippen molar-refractivity contribution in [2.24, 2.45) is 7.05 Å². The normalized spacial score (nSPS) is 10.6. The van der Waals surface area contributed by atoms with Crippen LogP contribution in [0.4, 0.5) is 5.69 Å². The lowest BCUT2D eigenvalue weighted by Gasteiger charge is -2.08. The number of anilines is 1. The van der Waals surface area contributed by atoms with Gasteiger partial charge in [0.2, 0.25) is 0 Å². The molecule has 0 bridgehead atoms. The van der Waals surface area contributed by atoms with Crippen molar-refractivity contribution in [2.45, 2.75) is 32.7 Å². The van der Waals surface area contributed by atoms with Crippen LogP contribution in [0.3, 0.4) is 0 Å². The molecule has 0 fully saturated rings. The van der Waals surface area contributed by atoms with E-state index < -0.39 is 0 Å². The van der Waals surface area contributed by atoms with Gasteiger partial charge in [0.05, 0.1) is 18.6 Å². The average molecular weight is 243 g/mol. The third-order valence-electron chi connectivity index (χ3n) is 3.16. The second-order valence-electron chi connectivity index (χ2n) is 4.65. The van der Waals surface area contributed by atoms with E-state index in [1.54, 1.807) is 0 Å². The average Bonchev–Trinajstić information content (AvgIpc) is 2.81. The Hall–Kier alpha value is -1.77. The number of hydrogen-bond donors (Lipinski definition) is 1. The molecule has 1 N–H and O–H groups in total. The summed E-state index contributed by atoms with van der Waals surface area (Å²) in [6.07, 6.45) is 7.41. The zero-order valence-corrected chi connectivity index (χ0v) is 11.2. The van der Waals surface area contributed by atoms with Crippen molar-refractivity contribution >= 4 is 5.69 Å². The molecule has 0 aliphatic rings. The molecule has 2 rings (SSSR count). The van der Waals surface area contributed by atoms with Gasteiger partial charge in [0.15, 0.2) is 0 Å². The Balaban J connectivity index is 1.88. The van der Waals surface area contributed by atoms with Gasteiger partial charge in [-0.3, -0.25) is 0 Å². The van der Waals surface area contributed by atoms with E-state index in [1.807, 2.05) is 24.1 Å². The number of nitrogens with one attached hydrogen (secondary N) is 1. The Morgan fingerprint density at radius 1 is 1.22 bits per heavy atom. The summed E-state index contributed by atoms with van der Waals surface area (Å²) >= 11 is 0. The van der Waals surface area contributed by atoms with E-state index in [-0.39, 0.29) is 0 Å². The van der Waals surface area contributed by atoms with Crippen molar-refractivity contribution in [1.82, 2.24) is 9.55 Å². The Labute approximate surface area is 109 Å². The molecule has 0 saturated heterocycles. The summed E-state index contributed by atoms with van der Waals surface area (Å²) in [6.45, 7) is 3.04. The lowest BCUT2D eigenvalue weighted by atomic mass is 10.1. The molecule has 0 saturated carbocycles. The monoisotopic (exact) mass is 243 g/mol. The summed E-state index contributed by atoms with van der Waals surface area (Å²) in [5, 5.41) is 3.41. The van der Waals surface area contributed by atoms with Gasteiger partial charge in [-0.1, -0.05) is 25.5 Å². The summed E-state index contributed by atoms with van der Waals surface area (Å²) in [5.41, 5.74) is 3.77. The van der Waals surface area contributed by atoms with Crippen LogP contribution in [0, 0.1) is 0 Å². The topological polar surface area (TPSA) is 29.9 Å². The number of rotatable bonds is 6. The third-order valence-corrected chi connectivity index (χ3v) is 3.16. The molecule has 18 heavy (non-hydrogen) atoms. The van der Waals surface area contributed by atoms with Crippen LogP contribution in [0.25, 0.3) is 0 Å². The van der Waals surface area contributed by atoms with Crippen molar-refractivity contribution in [1.29, 1.82) is 0 Å². The van der Waals surface area contributed by atoms with Crippen molar-refractivity contribution in [3.63, 3.8) is 0 Å². The highest BCUT2D eigenvalue weighted by atomic mass is 15.0. The SMILES string of the molecule is CCCCc1ccc(NCc2cncn2C)cc1. The molecule has 1 heterocycles. The minimum atomic E-state index is 0.810. The van der Waals surface area contributed by atoms with E-state index in [9.17, 15) is 0 Å². The van der Waals surface area contributed by atoms with Crippen LogP contribution in [0.2, 0.25) is 0 Å². The first-order valence-electron chi connectivity index (χ1n) is 6.57. The molecule has 0 atom stereocenters. The van der Waals surface area contributed by atoms with E-state index in [0.29, 0.717) is 0 Å². The molecular weight excluding hydrogens is 222 g/mol. The fourth-order valence-electron chi connectivity index (χ4n) is 1.92. The highest BCUT2D eigenvalue weighted by molar-refractivity contribution is 5.44. The fraction of sp³-hybridized carbons (Fsp3) is 0.400. The quantitative estimate of drug-likeness (QED) is 0.843. The second-order valence-corrected chi connectivity index (χ2v) is 4.65. The van der Waals surface area contributed by atoms with E-state index in [2.05, 4.69) is 41.5 Å². The van der Waals surface area contributed by atoms with Crippen molar-refractivity contribution < 1.29 is 0 Å². The molecule has 1 aromatic heterocycles. The van der Waals surface area contributed by atoms with Crippen molar-refractivity contribution in [3.8, 4) is 0 Å². The third kappa shape index (κ3) is 3.36.